The maximum Gasteiger partial charge on any atom is 0.289 e. The predicted molar refractivity (Wildman–Crippen MR) is 43.1 cm³/mol. The molecular formula is C4H5N7O2. The lowest BCUT2D eigenvalue weighted by Gasteiger charge is -2.19. The molecule has 68 valence electrons. The fourth-order valence-corrected chi connectivity index (χ4v) is 1.02. The van der Waals surface area contributed by atoms with Gasteiger partial charge in [0.15, 0.2) is 5.03 Å². The number of nitrogens with zero attached hydrogens (tertiary/aromatic N) is 6. The number of nitro groups is 1. The van der Waals surface area contributed by atoms with Gasteiger partial charge in [0.05, 0.1) is 6.54 Å². The fraction of sp³-hybridized carbons (Fsp3) is 0.250. The Labute approximate surface area is 71.9 Å². The van der Waals surface area contributed by atoms with E-state index in [2.05, 4.69) is 15.2 Å². The molecule has 0 aliphatic carbocycles. The molecule has 0 unspecified atom stereocenters. The Morgan fingerprint density at radius 3 is 3.15 bits per heavy atom. The highest BCUT2D eigenvalue weighted by molar-refractivity contribution is 6.00. The van der Waals surface area contributed by atoms with E-state index in [9.17, 15) is 10.1 Å². The van der Waals surface area contributed by atoms with Gasteiger partial charge in [-0.25, -0.2) is 10.1 Å². The van der Waals surface area contributed by atoms with Gasteiger partial charge in [0.2, 0.25) is 0 Å². The second-order valence-electron chi connectivity index (χ2n) is 2.28. The van der Waals surface area contributed by atoms with Gasteiger partial charge in [-0.1, -0.05) is 0 Å². The zero-order chi connectivity index (χ0) is 9.42. The number of fused-ring (bicyclic) bond motifs is 1. The summed E-state index contributed by atoms with van der Waals surface area (Å²) in [6, 6.07) is 0. The van der Waals surface area contributed by atoms with Crippen LogP contribution in [0.2, 0.25) is 0 Å². The van der Waals surface area contributed by atoms with E-state index in [0.717, 1.165) is 0 Å². The van der Waals surface area contributed by atoms with Crippen molar-refractivity contribution in [3.63, 3.8) is 0 Å². The molecule has 2 rings (SSSR count). The molecule has 9 nitrogen and oxygen atoms in total. The van der Waals surface area contributed by atoms with Crippen LogP contribution in [0.15, 0.2) is 15.2 Å². The highest BCUT2D eigenvalue weighted by Crippen LogP contribution is 2.11. The minimum absolute atomic E-state index is 0.136. The SMILES string of the molecule is NC1=NC2=NN=CCN2N1[N+](=O)[O-]. The van der Waals surface area contributed by atoms with Gasteiger partial charge in [0.25, 0.3) is 11.9 Å². The van der Waals surface area contributed by atoms with Crippen molar-refractivity contribution in [2.45, 2.75) is 0 Å². The fourth-order valence-electron chi connectivity index (χ4n) is 1.02. The van der Waals surface area contributed by atoms with Crippen molar-refractivity contribution >= 4 is 18.1 Å². The lowest BCUT2D eigenvalue weighted by molar-refractivity contribution is -0.662. The monoisotopic (exact) mass is 183 g/mol. The Balaban J connectivity index is 2.35. The number of aliphatic imine (C=N–C) groups is 1. The molecule has 0 aromatic rings. The Bertz CT molecular complexity index is 344. The van der Waals surface area contributed by atoms with Gasteiger partial charge in [0.1, 0.15) is 0 Å². The summed E-state index contributed by atoms with van der Waals surface area (Å²) < 4.78 is 0. The zero-order valence-electron chi connectivity index (χ0n) is 6.36. The summed E-state index contributed by atoms with van der Waals surface area (Å²) in [6.07, 6.45) is 1.42. The van der Waals surface area contributed by atoms with Gasteiger partial charge in [-0.3, -0.25) is 0 Å². The van der Waals surface area contributed by atoms with Crippen molar-refractivity contribution in [2.75, 3.05) is 6.54 Å². The van der Waals surface area contributed by atoms with Crippen LogP contribution in [0.5, 0.6) is 0 Å². The van der Waals surface area contributed by atoms with Gasteiger partial charge in [-0.05, 0) is 0 Å². The highest BCUT2D eigenvalue weighted by atomic mass is 16.7. The summed E-state index contributed by atoms with van der Waals surface area (Å²) in [5.41, 5.74) is 5.30. The molecular weight excluding hydrogens is 178 g/mol. The molecule has 0 fully saturated rings. The number of rotatable bonds is 1. The first-order chi connectivity index (χ1) is 6.20. The molecule has 0 saturated carbocycles. The molecule has 0 radical (unpaired) electrons. The molecule has 0 bridgehead atoms. The van der Waals surface area contributed by atoms with E-state index >= 15 is 0 Å². The molecule has 2 aliphatic heterocycles. The van der Waals surface area contributed by atoms with E-state index in [1.165, 1.54) is 11.2 Å². The standard InChI is InChI=1S/C4H5N7O2/c5-3-7-4-8-6-1-2-9(4)10(3)11(12)13/h1H,2H2,(H2,5,7,8). The van der Waals surface area contributed by atoms with Crippen LogP contribution >= 0.6 is 0 Å². The topological polar surface area (TPSA) is 113 Å². The third kappa shape index (κ3) is 0.972. The Hall–Kier alpha value is -2.19. The second-order valence-corrected chi connectivity index (χ2v) is 2.28. The molecule has 13 heavy (non-hydrogen) atoms. The summed E-state index contributed by atoms with van der Waals surface area (Å²) >= 11 is 0. The van der Waals surface area contributed by atoms with Crippen molar-refractivity contribution in [1.82, 2.24) is 10.1 Å². The van der Waals surface area contributed by atoms with Crippen molar-refractivity contribution < 1.29 is 5.03 Å². The number of hydrazine groups is 2. The molecule has 0 aromatic heterocycles. The third-order valence-corrected chi connectivity index (χ3v) is 1.52. The number of guanidine groups is 2. The van der Waals surface area contributed by atoms with E-state index in [1.54, 1.807) is 0 Å². The summed E-state index contributed by atoms with van der Waals surface area (Å²) in [5.74, 6) is -0.0778. The maximum atomic E-state index is 10.5. The molecule has 0 spiro atoms. The lowest BCUT2D eigenvalue weighted by atomic mass is 10.6. The Kier molecular flexibility index (Phi) is 1.38. The van der Waals surface area contributed by atoms with E-state index in [4.69, 9.17) is 5.73 Å². The molecule has 0 amide bonds. The molecule has 0 aromatic carbocycles. The van der Waals surface area contributed by atoms with Crippen LogP contribution in [-0.2, 0) is 0 Å². The second kappa shape index (κ2) is 2.40. The quantitative estimate of drug-likeness (QED) is 0.387. The van der Waals surface area contributed by atoms with Crippen LogP contribution in [-0.4, -0.2) is 39.8 Å². The van der Waals surface area contributed by atoms with Crippen LogP contribution in [0.1, 0.15) is 0 Å². The predicted octanol–water partition coefficient (Wildman–Crippen LogP) is -1.62. The van der Waals surface area contributed by atoms with Crippen LogP contribution in [0.25, 0.3) is 0 Å². The van der Waals surface area contributed by atoms with E-state index in [0.29, 0.717) is 5.12 Å². The third-order valence-electron chi connectivity index (χ3n) is 1.52. The molecule has 2 heterocycles. The van der Waals surface area contributed by atoms with Crippen molar-refractivity contribution in [3.8, 4) is 0 Å². The van der Waals surface area contributed by atoms with Crippen molar-refractivity contribution in [3.05, 3.63) is 10.1 Å². The lowest BCUT2D eigenvalue weighted by Crippen LogP contribution is -2.50. The zero-order valence-corrected chi connectivity index (χ0v) is 6.36. The largest absolute Gasteiger partial charge is 0.363 e. The van der Waals surface area contributed by atoms with Crippen LogP contribution in [0.4, 0.5) is 0 Å². The molecule has 2 N–H and O–H groups in total. The van der Waals surface area contributed by atoms with E-state index in [1.807, 2.05) is 0 Å². The smallest absolute Gasteiger partial charge is 0.289 e. The first-order valence-electron chi connectivity index (χ1n) is 3.35. The van der Waals surface area contributed by atoms with Gasteiger partial charge in [0, 0.05) is 11.3 Å². The average molecular weight is 183 g/mol. The summed E-state index contributed by atoms with van der Waals surface area (Å²) in [5, 5.41) is 18.8. The van der Waals surface area contributed by atoms with Gasteiger partial charge in [-0.15, -0.1) is 5.10 Å². The van der Waals surface area contributed by atoms with Gasteiger partial charge in [-0.2, -0.15) is 15.1 Å². The maximum absolute atomic E-state index is 10.5. The first-order valence-corrected chi connectivity index (χ1v) is 3.35. The van der Waals surface area contributed by atoms with E-state index in [-0.39, 0.29) is 18.5 Å². The average Bonchev–Trinajstić information content (AvgIpc) is 2.39. The van der Waals surface area contributed by atoms with Crippen molar-refractivity contribution in [2.24, 2.45) is 20.9 Å². The Morgan fingerprint density at radius 2 is 2.46 bits per heavy atom. The summed E-state index contributed by atoms with van der Waals surface area (Å²) in [4.78, 5) is 14.2. The first kappa shape index (κ1) is 7.46. The minimum Gasteiger partial charge on any atom is -0.363 e. The molecule has 9 heteroatoms. The van der Waals surface area contributed by atoms with Crippen LogP contribution in [0.3, 0.4) is 0 Å². The molecule has 0 atom stereocenters. The summed E-state index contributed by atoms with van der Waals surface area (Å²) in [7, 11) is 0. The molecule has 2 aliphatic rings. The van der Waals surface area contributed by atoms with Gasteiger partial charge >= 0.3 is 0 Å². The van der Waals surface area contributed by atoms with Crippen LogP contribution < -0.4 is 5.73 Å². The normalized spacial score (nSPS) is 19.7. The summed E-state index contributed by atoms with van der Waals surface area (Å²) in [6.45, 7) is 0.240. The number of nitrogens with two attached hydrogens (primary N) is 1. The minimum atomic E-state index is -0.666. The van der Waals surface area contributed by atoms with Gasteiger partial charge < -0.3 is 5.73 Å². The van der Waals surface area contributed by atoms with E-state index < -0.39 is 5.03 Å². The number of hydrogen-bond donors (Lipinski definition) is 1. The number of hydrogen-bond acceptors (Lipinski definition) is 7. The van der Waals surface area contributed by atoms with Crippen LogP contribution in [0, 0.1) is 10.1 Å². The Morgan fingerprint density at radius 1 is 1.69 bits per heavy atom. The van der Waals surface area contributed by atoms with Crippen molar-refractivity contribution in [1.29, 1.82) is 0 Å². The molecule has 0 saturated heterocycles. The highest BCUT2D eigenvalue weighted by Gasteiger charge is 2.38.